The number of nitrogens with one attached hydrogen (secondary N) is 1. The Labute approximate surface area is 115 Å². The van der Waals surface area contributed by atoms with Gasteiger partial charge in [-0.3, -0.25) is 4.79 Å². The van der Waals surface area contributed by atoms with E-state index < -0.39 is 17.9 Å². The molecular formula is C14H13N3O3. The number of pyridine rings is 1. The molecule has 0 aliphatic heterocycles. The SMILES string of the molecule is Nc1cccnc1C(=O)N[C@H](C(=O)O)c1ccccc1. The Balaban J connectivity index is 2.24. The van der Waals surface area contributed by atoms with Gasteiger partial charge in [0.1, 0.15) is 0 Å². The van der Waals surface area contributed by atoms with Crippen LogP contribution in [0.4, 0.5) is 5.69 Å². The summed E-state index contributed by atoms with van der Waals surface area (Å²) in [5.41, 5.74) is 6.32. The summed E-state index contributed by atoms with van der Waals surface area (Å²) in [5.74, 6) is -1.78. The van der Waals surface area contributed by atoms with Gasteiger partial charge in [0.05, 0.1) is 5.69 Å². The molecule has 0 spiro atoms. The summed E-state index contributed by atoms with van der Waals surface area (Å²) in [6.07, 6.45) is 1.42. The van der Waals surface area contributed by atoms with Gasteiger partial charge in [0.25, 0.3) is 5.91 Å². The molecule has 1 aromatic heterocycles. The lowest BCUT2D eigenvalue weighted by atomic mass is 10.1. The molecule has 0 unspecified atom stereocenters. The third kappa shape index (κ3) is 2.92. The van der Waals surface area contributed by atoms with Gasteiger partial charge in [-0.15, -0.1) is 0 Å². The fourth-order valence-electron chi connectivity index (χ4n) is 1.74. The molecule has 0 aliphatic rings. The van der Waals surface area contributed by atoms with Crippen molar-refractivity contribution in [1.29, 1.82) is 0 Å². The average molecular weight is 271 g/mol. The number of anilines is 1. The van der Waals surface area contributed by atoms with Crippen molar-refractivity contribution >= 4 is 17.6 Å². The van der Waals surface area contributed by atoms with Crippen LogP contribution in [0.3, 0.4) is 0 Å². The van der Waals surface area contributed by atoms with E-state index in [2.05, 4.69) is 10.3 Å². The lowest BCUT2D eigenvalue weighted by Gasteiger charge is -2.15. The lowest BCUT2D eigenvalue weighted by Crippen LogP contribution is -2.34. The Bertz CT molecular complexity index is 629. The van der Waals surface area contributed by atoms with E-state index >= 15 is 0 Å². The average Bonchev–Trinajstić information content (AvgIpc) is 2.45. The van der Waals surface area contributed by atoms with Crippen LogP contribution >= 0.6 is 0 Å². The van der Waals surface area contributed by atoms with E-state index in [-0.39, 0.29) is 11.4 Å². The molecule has 1 atom stereocenters. The molecule has 1 amide bonds. The van der Waals surface area contributed by atoms with Crippen molar-refractivity contribution in [3.8, 4) is 0 Å². The van der Waals surface area contributed by atoms with Crippen molar-refractivity contribution in [3.05, 3.63) is 59.9 Å². The first-order chi connectivity index (χ1) is 9.59. The second-order valence-corrected chi connectivity index (χ2v) is 4.10. The molecule has 20 heavy (non-hydrogen) atoms. The van der Waals surface area contributed by atoms with Crippen molar-refractivity contribution < 1.29 is 14.7 Å². The van der Waals surface area contributed by atoms with Crippen molar-refractivity contribution in [2.24, 2.45) is 0 Å². The molecular weight excluding hydrogens is 258 g/mol. The quantitative estimate of drug-likeness (QED) is 0.775. The highest BCUT2D eigenvalue weighted by Crippen LogP contribution is 2.15. The van der Waals surface area contributed by atoms with Gasteiger partial charge in [0, 0.05) is 6.20 Å². The van der Waals surface area contributed by atoms with Gasteiger partial charge in [-0.1, -0.05) is 30.3 Å². The minimum absolute atomic E-state index is 0.00896. The molecule has 6 nitrogen and oxygen atoms in total. The van der Waals surface area contributed by atoms with Crippen LogP contribution in [-0.2, 0) is 4.79 Å². The molecule has 0 aliphatic carbocycles. The summed E-state index contributed by atoms with van der Waals surface area (Å²) in [5, 5.41) is 11.6. The van der Waals surface area contributed by atoms with E-state index in [0.29, 0.717) is 5.56 Å². The number of amides is 1. The van der Waals surface area contributed by atoms with Crippen LogP contribution in [0.2, 0.25) is 0 Å². The third-order valence-electron chi connectivity index (χ3n) is 2.71. The Morgan fingerprint density at radius 3 is 2.45 bits per heavy atom. The standard InChI is InChI=1S/C14H13N3O3/c15-10-7-4-8-16-12(10)13(18)17-11(14(19)20)9-5-2-1-3-6-9/h1-8,11H,15H2,(H,17,18)(H,19,20)/t11-/m0/s1. The molecule has 2 aromatic rings. The summed E-state index contributed by atoms with van der Waals surface area (Å²) >= 11 is 0. The van der Waals surface area contributed by atoms with E-state index in [9.17, 15) is 14.7 Å². The lowest BCUT2D eigenvalue weighted by molar-refractivity contribution is -0.139. The monoisotopic (exact) mass is 271 g/mol. The van der Waals surface area contributed by atoms with Crippen LogP contribution in [0, 0.1) is 0 Å². The first kappa shape index (κ1) is 13.5. The molecule has 0 bridgehead atoms. The second-order valence-electron chi connectivity index (χ2n) is 4.10. The van der Waals surface area contributed by atoms with Crippen molar-refractivity contribution in [2.75, 3.05) is 5.73 Å². The Morgan fingerprint density at radius 1 is 1.15 bits per heavy atom. The van der Waals surface area contributed by atoms with Crippen LogP contribution < -0.4 is 11.1 Å². The fourth-order valence-corrected chi connectivity index (χ4v) is 1.74. The van der Waals surface area contributed by atoms with Crippen molar-refractivity contribution in [2.45, 2.75) is 6.04 Å². The number of carbonyl (C=O) groups is 2. The highest BCUT2D eigenvalue weighted by molar-refractivity contribution is 5.99. The minimum Gasteiger partial charge on any atom is -0.479 e. The number of aliphatic carboxylic acids is 1. The Morgan fingerprint density at radius 2 is 1.85 bits per heavy atom. The molecule has 0 saturated heterocycles. The van der Waals surface area contributed by atoms with Gasteiger partial charge in [-0.25, -0.2) is 9.78 Å². The van der Waals surface area contributed by atoms with Crippen molar-refractivity contribution in [3.63, 3.8) is 0 Å². The summed E-state index contributed by atoms with van der Waals surface area (Å²) in [6.45, 7) is 0. The van der Waals surface area contributed by atoms with Crippen LogP contribution in [0.5, 0.6) is 0 Å². The maximum Gasteiger partial charge on any atom is 0.330 e. The number of aromatic nitrogens is 1. The summed E-state index contributed by atoms with van der Waals surface area (Å²) < 4.78 is 0. The molecule has 6 heteroatoms. The van der Waals surface area contributed by atoms with E-state index in [0.717, 1.165) is 0 Å². The topological polar surface area (TPSA) is 105 Å². The molecule has 1 aromatic carbocycles. The molecule has 0 radical (unpaired) electrons. The number of rotatable bonds is 4. The number of hydrogen-bond donors (Lipinski definition) is 3. The number of benzene rings is 1. The van der Waals surface area contributed by atoms with Crippen molar-refractivity contribution in [1.82, 2.24) is 10.3 Å². The van der Waals surface area contributed by atoms with Gasteiger partial charge >= 0.3 is 5.97 Å². The first-order valence-corrected chi connectivity index (χ1v) is 5.88. The predicted molar refractivity (Wildman–Crippen MR) is 72.9 cm³/mol. The highest BCUT2D eigenvalue weighted by atomic mass is 16.4. The van der Waals surface area contributed by atoms with E-state index in [4.69, 9.17) is 5.73 Å². The maximum absolute atomic E-state index is 12.0. The number of nitrogens with zero attached hydrogens (tertiary/aromatic N) is 1. The number of carbonyl (C=O) groups excluding carboxylic acids is 1. The highest BCUT2D eigenvalue weighted by Gasteiger charge is 2.23. The fraction of sp³-hybridized carbons (Fsp3) is 0.0714. The largest absolute Gasteiger partial charge is 0.479 e. The summed E-state index contributed by atoms with van der Waals surface area (Å²) in [4.78, 5) is 27.2. The van der Waals surface area contributed by atoms with Gasteiger partial charge in [0.2, 0.25) is 0 Å². The molecule has 0 fully saturated rings. The number of nitrogen functional groups attached to an aromatic ring is 1. The van der Waals surface area contributed by atoms with Gasteiger partial charge in [-0.05, 0) is 17.7 Å². The number of carboxylic acids is 1. The summed E-state index contributed by atoms with van der Waals surface area (Å²) in [6, 6.07) is 10.4. The minimum atomic E-state index is -1.15. The molecule has 1 heterocycles. The van der Waals surface area contributed by atoms with Crippen LogP contribution in [-0.4, -0.2) is 22.0 Å². The predicted octanol–water partition coefficient (Wildman–Crippen LogP) is 1.22. The first-order valence-electron chi connectivity index (χ1n) is 5.88. The van der Waals surface area contributed by atoms with Crippen LogP contribution in [0.15, 0.2) is 48.7 Å². The molecule has 102 valence electrons. The molecule has 2 rings (SSSR count). The maximum atomic E-state index is 12.0. The zero-order chi connectivity index (χ0) is 14.5. The second kappa shape index (κ2) is 5.83. The Kier molecular flexibility index (Phi) is 3.95. The smallest absolute Gasteiger partial charge is 0.330 e. The number of carboxylic acid groups (broad SMARTS) is 1. The van der Waals surface area contributed by atoms with Crippen LogP contribution in [0.25, 0.3) is 0 Å². The van der Waals surface area contributed by atoms with E-state index in [1.807, 2.05) is 0 Å². The Hall–Kier alpha value is -2.89. The zero-order valence-corrected chi connectivity index (χ0v) is 10.5. The van der Waals surface area contributed by atoms with E-state index in [1.165, 1.54) is 12.3 Å². The summed E-state index contributed by atoms with van der Waals surface area (Å²) in [7, 11) is 0. The third-order valence-corrected chi connectivity index (χ3v) is 2.71. The number of nitrogens with two attached hydrogens (primary N) is 1. The van der Waals surface area contributed by atoms with Crippen LogP contribution in [0.1, 0.15) is 22.1 Å². The zero-order valence-electron chi connectivity index (χ0n) is 10.5. The molecule has 0 saturated carbocycles. The van der Waals surface area contributed by atoms with Gasteiger partial charge < -0.3 is 16.2 Å². The molecule has 4 N–H and O–H groups in total. The normalized spacial score (nSPS) is 11.6. The number of hydrogen-bond acceptors (Lipinski definition) is 4. The van der Waals surface area contributed by atoms with Gasteiger partial charge in [-0.2, -0.15) is 0 Å². The van der Waals surface area contributed by atoms with Gasteiger partial charge in [0.15, 0.2) is 11.7 Å². The van der Waals surface area contributed by atoms with E-state index in [1.54, 1.807) is 36.4 Å².